The molecule has 2 aromatic carbocycles. The van der Waals surface area contributed by atoms with Gasteiger partial charge in [0, 0.05) is 11.4 Å². The number of rotatable bonds is 3. The second kappa shape index (κ2) is 5.51. The number of aryl methyl sites for hydroxylation is 1. The number of anilines is 2. The fourth-order valence-corrected chi connectivity index (χ4v) is 1.96. The molecule has 0 radical (unpaired) electrons. The first kappa shape index (κ1) is 13.7. The van der Waals surface area contributed by atoms with E-state index in [0.717, 1.165) is 16.9 Å². The molecule has 0 amide bonds. The van der Waals surface area contributed by atoms with Gasteiger partial charge in [-0.25, -0.2) is 4.79 Å². The molecule has 0 aromatic heterocycles. The molecule has 0 aliphatic carbocycles. The van der Waals surface area contributed by atoms with E-state index in [1.165, 1.54) is 0 Å². The van der Waals surface area contributed by atoms with Gasteiger partial charge in [-0.1, -0.05) is 23.2 Å². The van der Waals surface area contributed by atoms with Crippen molar-refractivity contribution >= 4 is 40.5 Å². The van der Waals surface area contributed by atoms with Crippen LogP contribution in [0.5, 0.6) is 0 Å². The van der Waals surface area contributed by atoms with Crippen LogP contribution in [0.4, 0.5) is 11.4 Å². The normalized spacial score (nSPS) is 10.3. The fourth-order valence-electron chi connectivity index (χ4n) is 1.67. The van der Waals surface area contributed by atoms with Crippen LogP contribution < -0.4 is 5.32 Å². The molecule has 2 rings (SSSR count). The van der Waals surface area contributed by atoms with Gasteiger partial charge in [0.1, 0.15) is 0 Å². The van der Waals surface area contributed by atoms with Crippen LogP contribution in [-0.4, -0.2) is 11.1 Å². The summed E-state index contributed by atoms with van der Waals surface area (Å²) in [4.78, 5) is 10.9. The van der Waals surface area contributed by atoms with Crippen molar-refractivity contribution < 1.29 is 9.90 Å². The Morgan fingerprint density at radius 2 is 1.84 bits per heavy atom. The van der Waals surface area contributed by atoms with Crippen LogP contribution in [0.2, 0.25) is 10.0 Å². The molecule has 0 unspecified atom stereocenters. The predicted molar refractivity (Wildman–Crippen MR) is 77.9 cm³/mol. The maximum Gasteiger partial charge on any atom is 0.335 e. The molecule has 19 heavy (non-hydrogen) atoms. The zero-order valence-electron chi connectivity index (χ0n) is 10.1. The molecule has 0 aliphatic heterocycles. The van der Waals surface area contributed by atoms with E-state index in [2.05, 4.69) is 5.32 Å². The number of hydrogen-bond acceptors (Lipinski definition) is 2. The van der Waals surface area contributed by atoms with Crippen LogP contribution in [0.1, 0.15) is 15.9 Å². The average Bonchev–Trinajstić information content (AvgIpc) is 2.36. The van der Waals surface area contributed by atoms with Crippen LogP contribution in [-0.2, 0) is 0 Å². The van der Waals surface area contributed by atoms with Crippen molar-refractivity contribution in [2.75, 3.05) is 5.32 Å². The molecule has 98 valence electrons. The van der Waals surface area contributed by atoms with Crippen LogP contribution in [0, 0.1) is 6.92 Å². The summed E-state index contributed by atoms with van der Waals surface area (Å²) in [7, 11) is 0. The van der Waals surface area contributed by atoms with Gasteiger partial charge in [0.15, 0.2) is 0 Å². The molecule has 0 heterocycles. The second-order valence-corrected chi connectivity index (χ2v) is 4.90. The molecular formula is C14H11Cl2NO2. The van der Waals surface area contributed by atoms with Gasteiger partial charge in [-0.05, 0) is 48.9 Å². The van der Waals surface area contributed by atoms with Crippen molar-refractivity contribution in [3.63, 3.8) is 0 Å². The Bertz CT molecular complexity index is 641. The molecule has 3 nitrogen and oxygen atoms in total. The van der Waals surface area contributed by atoms with Gasteiger partial charge < -0.3 is 10.4 Å². The summed E-state index contributed by atoms with van der Waals surface area (Å²) in [6.07, 6.45) is 0. The number of benzene rings is 2. The molecule has 0 atom stereocenters. The molecular weight excluding hydrogens is 285 g/mol. The van der Waals surface area contributed by atoms with Crippen molar-refractivity contribution in [1.29, 1.82) is 0 Å². The molecule has 2 N–H and O–H groups in total. The largest absolute Gasteiger partial charge is 0.478 e. The van der Waals surface area contributed by atoms with E-state index in [1.807, 2.05) is 6.92 Å². The molecule has 0 bridgehead atoms. The van der Waals surface area contributed by atoms with Crippen molar-refractivity contribution in [3.05, 3.63) is 57.6 Å². The monoisotopic (exact) mass is 295 g/mol. The highest BCUT2D eigenvalue weighted by molar-refractivity contribution is 6.42. The molecule has 0 saturated carbocycles. The van der Waals surface area contributed by atoms with E-state index >= 15 is 0 Å². The lowest BCUT2D eigenvalue weighted by molar-refractivity contribution is 0.0697. The zero-order valence-corrected chi connectivity index (χ0v) is 11.6. The Labute approximate surface area is 120 Å². The summed E-state index contributed by atoms with van der Waals surface area (Å²) in [6, 6.07) is 10.1. The molecule has 0 saturated heterocycles. The van der Waals surface area contributed by atoms with Crippen molar-refractivity contribution in [2.24, 2.45) is 0 Å². The third-order valence-electron chi connectivity index (χ3n) is 2.67. The van der Waals surface area contributed by atoms with Crippen molar-refractivity contribution in [3.8, 4) is 0 Å². The first-order valence-corrected chi connectivity index (χ1v) is 6.29. The third-order valence-corrected chi connectivity index (χ3v) is 3.41. The quantitative estimate of drug-likeness (QED) is 0.859. The fraction of sp³-hybridized carbons (Fsp3) is 0.0714. The summed E-state index contributed by atoms with van der Waals surface area (Å²) in [5.74, 6) is -0.941. The summed E-state index contributed by atoms with van der Waals surface area (Å²) in [5, 5.41) is 13.0. The number of carboxylic acid groups (broad SMARTS) is 1. The van der Waals surface area contributed by atoms with Gasteiger partial charge in [-0.15, -0.1) is 0 Å². The minimum atomic E-state index is -0.941. The van der Waals surface area contributed by atoms with Crippen molar-refractivity contribution in [2.45, 2.75) is 6.92 Å². The van der Waals surface area contributed by atoms with E-state index in [1.54, 1.807) is 36.4 Å². The number of nitrogens with one attached hydrogen (secondary N) is 1. The van der Waals surface area contributed by atoms with E-state index in [4.69, 9.17) is 28.3 Å². The zero-order chi connectivity index (χ0) is 14.0. The second-order valence-electron chi connectivity index (χ2n) is 4.09. The van der Waals surface area contributed by atoms with Gasteiger partial charge in [0.25, 0.3) is 0 Å². The van der Waals surface area contributed by atoms with Gasteiger partial charge in [0.05, 0.1) is 15.6 Å². The van der Waals surface area contributed by atoms with Crippen molar-refractivity contribution in [1.82, 2.24) is 0 Å². The lowest BCUT2D eigenvalue weighted by Crippen LogP contribution is -1.99. The van der Waals surface area contributed by atoms with Gasteiger partial charge in [-0.2, -0.15) is 0 Å². The van der Waals surface area contributed by atoms with E-state index in [9.17, 15) is 4.79 Å². The summed E-state index contributed by atoms with van der Waals surface area (Å²) in [6.45, 7) is 1.84. The number of carbonyl (C=O) groups is 1. The third kappa shape index (κ3) is 3.19. The predicted octanol–water partition coefficient (Wildman–Crippen LogP) is 4.74. The number of aromatic carboxylic acids is 1. The Kier molecular flexibility index (Phi) is 3.98. The van der Waals surface area contributed by atoms with E-state index < -0.39 is 5.97 Å². The van der Waals surface area contributed by atoms with Crippen LogP contribution in [0.25, 0.3) is 0 Å². The smallest absolute Gasteiger partial charge is 0.335 e. The van der Waals surface area contributed by atoms with Crippen LogP contribution in [0.15, 0.2) is 36.4 Å². The summed E-state index contributed by atoms with van der Waals surface area (Å²) >= 11 is 11.8. The maximum absolute atomic E-state index is 10.9. The number of carboxylic acids is 1. The molecule has 0 spiro atoms. The van der Waals surface area contributed by atoms with Crippen LogP contribution >= 0.6 is 23.2 Å². The Morgan fingerprint density at radius 3 is 2.42 bits per heavy atom. The highest BCUT2D eigenvalue weighted by Gasteiger charge is 2.06. The molecule has 5 heteroatoms. The maximum atomic E-state index is 10.9. The van der Waals surface area contributed by atoms with Gasteiger partial charge in [0.2, 0.25) is 0 Å². The number of halogens is 2. The highest BCUT2D eigenvalue weighted by Crippen LogP contribution is 2.28. The standard InChI is InChI=1S/C14H11Cl2NO2/c1-8-6-9(14(18)19)2-5-13(8)17-10-3-4-11(15)12(16)7-10/h2-7,17H,1H3,(H,18,19). The Hall–Kier alpha value is -1.71. The summed E-state index contributed by atoms with van der Waals surface area (Å²) in [5.41, 5.74) is 2.71. The first-order chi connectivity index (χ1) is 8.97. The lowest BCUT2D eigenvalue weighted by Gasteiger charge is -2.11. The van der Waals surface area contributed by atoms with Crippen LogP contribution in [0.3, 0.4) is 0 Å². The lowest BCUT2D eigenvalue weighted by atomic mass is 10.1. The highest BCUT2D eigenvalue weighted by atomic mass is 35.5. The van der Waals surface area contributed by atoms with E-state index in [0.29, 0.717) is 10.0 Å². The SMILES string of the molecule is Cc1cc(C(=O)O)ccc1Nc1ccc(Cl)c(Cl)c1. The number of hydrogen-bond donors (Lipinski definition) is 2. The molecule has 0 aliphatic rings. The Balaban J connectivity index is 2.28. The minimum Gasteiger partial charge on any atom is -0.478 e. The van der Waals surface area contributed by atoms with Gasteiger partial charge >= 0.3 is 5.97 Å². The molecule has 0 fully saturated rings. The van der Waals surface area contributed by atoms with Gasteiger partial charge in [-0.3, -0.25) is 0 Å². The Morgan fingerprint density at radius 1 is 1.11 bits per heavy atom. The first-order valence-electron chi connectivity index (χ1n) is 5.53. The average molecular weight is 296 g/mol. The minimum absolute atomic E-state index is 0.261. The molecule has 2 aromatic rings. The van der Waals surface area contributed by atoms with E-state index in [-0.39, 0.29) is 5.56 Å². The summed E-state index contributed by atoms with van der Waals surface area (Å²) < 4.78 is 0. The topological polar surface area (TPSA) is 49.3 Å².